The van der Waals surface area contributed by atoms with Gasteiger partial charge in [-0.3, -0.25) is 9.69 Å². The summed E-state index contributed by atoms with van der Waals surface area (Å²) in [6.07, 6.45) is 0. The average molecular weight is 505 g/mol. The third-order valence-corrected chi connectivity index (χ3v) is 6.99. The van der Waals surface area contributed by atoms with E-state index < -0.39 is 11.5 Å². The number of piperazine rings is 1. The molecule has 2 aromatic carbocycles. The molecule has 3 heterocycles. The summed E-state index contributed by atoms with van der Waals surface area (Å²) in [5.41, 5.74) is 0.744. The number of nitrogens with zero attached hydrogens (tertiary/aromatic N) is 3. The monoisotopic (exact) mass is 504 g/mol. The first-order chi connectivity index (χ1) is 15.6. The Balaban J connectivity index is 0.00000259. The zero-order valence-corrected chi connectivity index (χ0v) is 20.0. The van der Waals surface area contributed by atoms with Crippen molar-refractivity contribution in [2.75, 3.05) is 44.2 Å². The minimum Gasteiger partial charge on any atom is -0.422 e. The van der Waals surface area contributed by atoms with E-state index in [9.17, 15) is 9.59 Å². The van der Waals surface area contributed by atoms with Gasteiger partial charge in [0.15, 0.2) is 5.13 Å². The number of benzene rings is 2. The van der Waals surface area contributed by atoms with E-state index in [0.29, 0.717) is 23.7 Å². The first kappa shape index (κ1) is 23.5. The molecule has 172 valence electrons. The Kier molecular flexibility index (Phi) is 7.19. The van der Waals surface area contributed by atoms with Crippen molar-refractivity contribution in [1.29, 1.82) is 0 Å². The van der Waals surface area contributed by atoms with Crippen molar-refractivity contribution < 1.29 is 9.21 Å². The van der Waals surface area contributed by atoms with Crippen LogP contribution in [0.1, 0.15) is 10.4 Å². The standard InChI is InChI=1S/C23H21ClN4O3S.ClH/c24-17-5-3-7-19-20(17)26-23(32-19)28-12-10-27(11-13-28)9-8-25-21(29)16-14-15-4-1-2-6-18(15)31-22(16)30;/h1-7,14H,8-13H2,(H,25,29);1H. The molecule has 1 fully saturated rings. The van der Waals surface area contributed by atoms with E-state index >= 15 is 0 Å². The van der Waals surface area contributed by atoms with Crippen LogP contribution < -0.4 is 15.8 Å². The molecule has 0 saturated carbocycles. The summed E-state index contributed by atoms with van der Waals surface area (Å²) >= 11 is 7.91. The lowest BCUT2D eigenvalue weighted by Crippen LogP contribution is -2.48. The molecule has 1 aliphatic rings. The zero-order chi connectivity index (χ0) is 22.1. The number of hydrogen-bond acceptors (Lipinski definition) is 7. The van der Waals surface area contributed by atoms with Gasteiger partial charge in [0.1, 0.15) is 16.7 Å². The van der Waals surface area contributed by atoms with Crippen LogP contribution in [0.25, 0.3) is 21.2 Å². The molecule has 4 aromatic rings. The van der Waals surface area contributed by atoms with E-state index in [1.54, 1.807) is 29.5 Å². The van der Waals surface area contributed by atoms with Gasteiger partial charge in [-0.05, 0) is 24.3 Å². The maximum absolute atomic E-state index is 12.5. The fourth-order valence-electron chi connectivity index (χ4n) is 3.84. The van der Waals surface area contributed by atoms with Gasteiger partial charge in [0.25, 0.3) is 5.91 Å². The molecule has 0 radical (unpaired) electrons. The number of aromatic nitrogens is 1. The van der Waals surface area contributed by atoms with E-state index in [2.05, 4.69) is 15.1 Å². The molecule has 2 aromatic heterocycles. The van der Waals surface area contributed by atoms with Gasteiger partial charge < -0.3 is 14.6 Å². The third-order valence-electron chi connectivity index (χ3n) is 5.60. The number of para-hydroxylation sites is 2. The van der Waals surface area contributed by atoms with Gasteiger partial charge in [0.05, 0.1) is 9.72 Å². The van der Waals surface area contributed by atoms with Crippen LogP contribution in [-0.2, 0) is 0 Å². The number of rotatable bonds is 5. The first-order valence-corrected chi connectivity index (χ1v) is 11.6. The van der Waals surface area contributed by atoms with E-state index in [1.807, 2.05) is 30.3 Å². The molecule has 5 rings (SSSR count). The summed E-state index contributed by atoms with van der Waals surface area (Å²) in [7, 11) is 0. The fraction of sp³-hybridized carbons (Fsp3) is 0.261. The average Bonchev–Trinajstić information content (AvgIpc) is 3.25. The highest BCUT2D eigenvalue weighted by atomic mass is 35.5. The number of halogens is 2. The van der Waals surface area contributed by atoms with Crippen molar-refractivity contribution in [2.24, 2.45) is 0 Å². The second-order valence-corrected chi connectivity index (χ2v) is 9.07. The van der Waals surface area contributed by atoms with Crippen LogP contribution in [0.3, 0.4) is 0 Å². The van der Waals surface area contributed by atoms with Crippen LogP contribution in [0.5, 0.6) is 0 Å². The number of nitrogens with one attached hydrogen (secondary N) is 1. The largest absolute Gasteiger partial charge is 0.422 e. The minimum absolute atomic E-state index is 0. The smallest absolute Gasteiger partial charge is 0.349 e. The van der Waals surface area contributed by atoms with Crippen LogP contribution in [0.15, 0.2) is 57.7 Å². The Hall–Kier alpha value is -2.65. The Bertz CT molecular complexity index is 1350. The maximum atomic E-state index is 12.5. The summed E-state index contributed by atoms with van der Waals surface area (Å²) in [5.74, 6) is -0.408. The van der Waals surface area contributed by atoms with E-state index in [0.717, 1.165) is 46.9 Å². The molecule has 7 nitrogen and oxygen atoms in total. The van der Waals surface area contributed by atoms with Gasteiger partial charge in [0, 0.05) is 44.7 Å². The topological polar surface area (TPSA) is 78.7 Å². The Morgan fingerprint density at radius 3 is 2.70 bits per heavy atom. The minimum atomic E-state index is -0.620. The number of carbonyl (C=O) groups is 1. The molecule has 1 amide bonds. The van der Waals surface area contributed by atoms with Gasteiger partial charge in [-0.25, -0.2) is 9.78 Å². The molecule has 1 aliphatic heterocycles. The molecule has 33 heavy (non-hydrogen) atoms. The lowest BCUT2D eigenvalue weighted by atomic mass is 10.2. The molecule has 0 aliphatic carbocycles. The summed E-state index contributed by atoms with van der Waals surface area (Å²) in [6, 6.07) is 14.6. The van der Waals surface area contributed by atoms with Crippen LogP contribution in [0.2, 0.25) is 5.02 Å². The Morgan fingerprint density at radius 2 is 1.91 bits per heavy atom. The van der Waals surface area contributed by atoms with Crippen molar-refractivity contribution in [3.8, 4) is 0 Å². The molecule has 1 N–H and O–H groups in total. The lowest BCUT2D eigenvalue weighted by molar-refractivity contribution is 0.0944. The van der Waals surface area contributed by atoms with Gasteiger partial charge in [-0.2, -0.15) is 0 Å². The number of thiazole rings is 1. The van der Waals surface area contributed by atoms with E-state index in [1.165, 1.54) is 0 Å². The molecule has 0 bridgehead atoms. The summed E-state index contributed by atoms with van der Waals surface area (Å²) < 4.78 is 6.34. The SMILES string of the molecule is Cl.O=C(NCCN1CCN(c2nc3c(Cl)cccc3s2)CC1)c1cc2ccccc2oc1=O. The van der Waals surface area contributed by atoms with Crippen molar-refractivity contribution in [1.82, 2.24) is 15.2 Å². The van der Waals surface area contributed by atoms with Gasteiger partial charge in [-0.1, -0.05) is 47.2 Å². The van der Waals surface area contributed by atoms with Crippen LogP contribution in [0, 0.1) is 0 Å². The number of fused-ring (bicyclic) bond motifs is 2. The zero-order valence-electron chi connectivity index (χ0n) is 17.6. The second-order valence-electron chi connectivity index (χ2n) is 7.65. The van der Waals surface area contributed by atoms with Crippen LogP contribution in [0.4, 0.5) is 5.13 Å². The van der Waals surface area contributed by atoms with Crippen molar-refractivity contribution in [3.05, 3.63) is 69.5 Å². The third kappa shape index (κ3) is 4.99. The van der Waals surface area contributed by atoms with Crippen molar-refractivity contribution in [3.63, 3.8) is 0 Å². The molecule has 10 heteroatoms. The van der Waals surface area contributed by atoms with Gasteiger partial charge >= 0.3 is 5.63 Å². The summed E-state index contributed by atoms with van der Waals surface area (Å²) in [5, 5.41) is 5.24. The number of amides is 1. The molecule has 0 spiro atoms. The lowest BCUT2D eigenvalue weighted by Gasteiger charge is -2.34. The predicted octanol–water partition coefficient (Wildman–Crippen LogP) is 4.03. The van der Waals surface area contributed by atoms with Crippen molar-refractivity contribution in [2.45, 2.75) is 0 Å². The number of anilines is 1. The quantitative estimate of drug-likeness (QED) is 0.413. The predicted molar refractivity (Wildman–Crippen MR) is 135 cm³/mol. The molecule has 1 saturated heterocycles. The molecule has 0 unspecified atom stereocenters. The molecular formula is C23H22Cl2N4O3S. The second kappa shape index (κ2) is 10.1. The van der Waals surface area contributed by atoms with Crippen LogP contribution in [-0.4, -0.2) is 55.1 Å². The highest BCUT2D eigenvalue weighted by molar-refractivity contribution is 7.22. The van der Waals surface area contributed by atoms with Crippen LogP contribution >= 0.6 is 35.3 Å². The van der Waals surface area contributed by atoms with E-state index in [-0.39, 0.29) is 18.0 Å². The maximum Gasteiger partial charge on any atom is 0.349 e. The summed E-state index contributed by atoms with van der Waals surface area (Å²) in [6.45, 7) is 4.64. The number of hydrogen-bond donors (Lipinski definition) is 1. The van der Waals surface area contributed by atoms with Gasteiger partial charge in [0.2, 0.25) is 0 Å². The number of carbonyl (C=O) groups excluding carboxylic acids is 1. The van der Waals surface area contributed by atoms with E-state index in [4.69, 9.17) is 21.0 Å². The Labute approximate surface area is 205 Å². The van der Waals surface area contributed by atoms with Crippen molar-refractivity contribution >= 4 is 67.6 Å². The normalized spacial score (nSPS) is 14.4. The highest BCUT2D eigenvalue weighted by Gasteiger charge is 2.21. The molecular weight excluding hydrogens is 483 g/mol. The van der Waals surface area contributed by atoms with Gasteiger partial charge in [-0.15, -0.1) is 12.4 Å². The first-order valence-electron chi connectivity index (χ1n) is 10.4. The Morgan fingerprint density at radius 1 is 1.12 bits per heavy atom. The highest BCUT2D eigenvalue weighted by Crippen LogP contribution is 2.33. The summed E-state index contributed by atoms with van der Waals surface area (Å²) in [4.78, 5) is 33.9. The fourth-order valence-corrected chi connectivity index (χ4v) is 5.16. The molecule has 0 atom stereocenters.